The van der Waals surface area contributed by atoms with Crippen molar-refractivity contribution in [3.63, 3.8) is 0 Å². The third kappa shape index (κ3) is 4.76. The van der Waals surface area contributed by atoms with Crippen LogP contribution in [0.5, 0.6) is 5.75 Å². The summed E-state index contributed by atoms with van der Waals surface area (Å²) in [5.74, 6) is 0.138. The summed E-state index contributed by atoms with van der Waals surface area (Å²) in [5.41, 5.74) is 0.583. The first-order chi connectivity index (χ1) is 9.24. The van der Waals surface area contributed by atoms with E-state index in [0.717, 1.165) is 32.7 Å². The van der Waals surface area contributed by atoms with Crippen LogP contribution < -0.4 is 16.0 Å². The van der Waals surface area contributed by atoms with Gasteiger partial charge in [0, 0.05) is 51.0 Å². The van der Waals surface area contributed by atoms with Gasteiger partial charge in [-0.05, 0) is 12.1 Å². The minimum absolute atomic E-state index is 0.138. The number of aromatic hydroxyl groups is 1. The van der Waals surface area contributed by atoms with Crippen LogP contribution in [0.4, 0.5) is 10.5 Å². The molecule has 0 saturated carbocycles. The maximum atomic E-state index is 11.6. The monoisotopic (exact) mass is 264 g/mol. The topological polar surface area (TPSA) is 76.6 Å². The van der Waals surface area contributed by atoms with E-state index in [1.54, 1.807) is 18.2 Å². The van der Waals surface area contributed by atoms with Gasteiger partial charge in [-0.25, -0.2) is 4.79 Å². The summed E-state index contributed by atoms with van der Waals surface area (Å²) in [6.45, 7) is 5.54. The van der Waals surface area contributed by atoms with Gasteiger partial charge in [0.1, 0.15) is 5.75 Å². The molecule has 6 nitrogen and oxygen atoms in total. The van der Waals surface area contributed by atoms with E-state index in [0.29, 0.717) is 12.2 Å². The molecule has 1 saturated heterocycles. The van der Waals surface area contributed by atoms with Gasteiger partial charge in [0.2, 0.25) is 0 Å². The highest BCUT2D eigenvalue weighted by Crippen LogP contribution is 2.14. The van der Waals surface area contributed by atoms with Gasteiger partial charge in [0.05, 0.1) is 0 Å². The second kappa shape index (κ2) is 6.96. The molecule has 4 N–H and O–H groups in total. The van der Waals surface area contributed by atoms with Crippen LogP contribution in [0.25, 0.3) is 0 Å². The molecule has 0 bridgehead atoms. The quantitative estimate of drug-likeness (QED) is 0.636. The fraction of sp³-hybridized carbons (Fsp3) is 0.462. The first kappa shape index (κ1) is 13.6. The van der Waals surface area contributed by atoms with E-state index in [1.165, 1.54) is 6.07 Å². The first-order valence-electron chi connectivity index (χ1n) is 6.51. The zero-order valence-corrected chi connectivity index (χ0v) is 10.9. The molecule has 1 fully saturated rings. The molecule has 0 radical (unpaired) electrons. The SMILES string of the molecule is O=C(NCCN1CCNCC1)Nc1cccc(O)c1. The van der Waals surface area contributed by atoms with E-state index in [1.807, 2.05) is 0 Å². The van der Waals surface area contributed by atoms with Crippen molar-refractivity contribution < 1.29 is 9.90 Å². The molecule has 0 unspecified atom stereocenters. The number of hydrogen-bond donors (Lipinski definition) is 4. The van der Waals surface area contributed by atoms with Gasteiger partial charge < -0.3 is 21.1 Å². The van der Waals surface area contributed by atoms with E-state index in [9.17, 15) is 9.90 Å². The normalized spacial score (nSPS) is 16.0. The van der Waals surface area contributed by atoms with Crippen LogP contribution in [-0.2, 0) is 0 Å². The predicted octanol–water partition coefficient (Wildman–Crippen LogP) is 0.419. The Morgan fingerprint density at radius 2 is 2.16 bits per heavy atom. The Balaban J connectivity index is 1.67. The maximum absolute atomic E-state index is 11.6. The summed E-state index contributed by atoms with van der Waals surface area (Å²) in [5, 5.41) is 18.1. The van der Waals surface area contributed by atoms with Crippen molar-refractivity contribution in [3.05, 3.63) is 24.3 Å². The number of amides is 2. The van der Waals surface area contributed by atoms with Crippen LogP contribution in [0.1, 0.15) is 0 Å². The minimum Gasteiger partial charge on any atom is -0.508 e. The van der Waals surface area contributed by atoms with E-state index >= 15 is 0 Å². The van der Waals surface area contributed by atoms with E-state index < -0.39 is 0 Å². The molecule has 2 rings (SSSR count). The Morgan fingerprint density at radius 3 is 2.89 bits per heavy atom. The maximum Gasteiger partial charge on any atom is 0.319 e. The van der Waals surface area contributed by atoms with Crippen LogP contribution >= 0.6 is 0 Å². The molecule has 104 valence electrons. The molecule has 1 heterocycles. The standard InChI is InChI=1S/C13H20N4O2/c18-12-3-1-2-11(10-12)16-13(19)15-6-9-17-7-4-14-5-8-17/h1-3,10,14,18H,4-9H2,(H2,15,16,19). The number of carbonyl (C=O) groups is 1. The molecule has 19 heavy (non-hydrogen) atoms. The van der Waals surface area contributed by atoms with E-state index in [-0.39, 0.29) is 11.8 Å². The fourth-order valence-electron chi connectivity index (χ4n) is 2.02. The number of phenols is 1. The number of nitrogens with one attached hydrogen (secondary N) is 3. The van der Waals surface area contributed by atoms with Crippen molar-refractivity contribution in [1.29, 1.82) is 0 Å². The van der Waals surface area contributed by atoms with Crippen molar-refractivity contribution >= 4 is 11.7 Å². The van der Waals surface area contributed by atoms with E-state index in [4.69, 9.17) is 0 Å². The second-order valence-electron chi connectivity index (χ2n) is 4.52. The molecule has 2 amide bonds. The van der Waals surface area contributed by atoms with Crippen molar-refractivity contribution in [2.24, 2.45) is 0 Å². The van der Waals surface area contributed by atoms with Crippen molar-refractivity contribution in [2.75, 3.05) is 44.6 Å². The average Bonchev–Trinajstić information content (AvgIpc) is 2.40. The summed E-state index contributed by atoms with van der Waals surface area (Å²) < 4.78 is 0. The van der Waals surface area contributed by atoms with Gasteiger partial charge in [-0.2, -0.15) is 0 Å². The zero-order chi connectivity index (χ0) is 13.5. The van der Waals surface area contributed by atoms with E-state index in [2.05, 4.69) is 20.9 Å². The molecule has 1 aromatic carbocycles. The molecular formula is C13H20N4O2. The molecule has 1 aromatic rings. The second-order valence-corrected chi connectivity index (χ2v) is 4.52. The fourth-order valence-corrected chi connectivity index (χ4v) is 2.02. The predicted molar refractivity (Wildman–Crippen MR) is 74.4 cm³/mol. The van der Waals surface area contributed by atoms with Gasteiger partial charge in [0.15, 0.2) is 0 Å². The van der Waals surface area contributed by atoms with Crippen molar-refractivity contribution in [2.45, 2.75) is 0 Å². The largest absolute Gasteiger partial charge is 0.508 e. The lowest BCUT2D eigenvalue weighted by molar-refractivity contribution is 0.233. The number of benzene rings is 1. The molecule has 0 atom stereocenters. The van der Waals surface area contributed by atoms with Gasteiger partial charge in [-0.1, -0.05) is 6.07 Å². The number of nitrogens with zero attached hydrogens (tertiary/aromatic N) is 1. The van der Waals surface area contributed by atoms with Gasteiger partial charge >= 0.3 is 6.03 Å². The van der Waals surface area contributed by atoms with Crippen LogP contribution in [0.2, 0.25) is 0 Å². The zero-order valence-electron chi connectivity index (χ0n) is 10.9. The molecule has 0 spiro atoms. The molecule has 0 aromatic heterocycles. The Hall–Kier alpha value is -1.79. The number of hydrogen-bond acceptors (Lipinski definition) is 4. The Morgan fingerprint density at radius 1 is 1.37 bits per heavy atom. The van der Waals surface area contributed by atoms with Crippen molar-refractivity contribution in [3.8, 4) is 5.75 Å². The third-order valence-electron chi connectivity index (χ3n) is 3.03. The highest BCUT2D eigenvalue weighted by atomic mass is 16.3. The lowest BCUT2D eigenvalue weighted by Gasteiger charge is -2.27. The Bertz CT molecular complexity index is 419. The molecule has 1 aliphatic heterocycles. The molecule has 0 aliphatic carbocycles. The lowest BCUT2D eigenvalue weighted by Crippen LogP contribution is -2.46. The summed E-state index contributed by atoms with van der Waals surface area (Å²) >= 11 is 0. The van der Waals surface area contributed by atoms with Gasteiger partial charge in [-0.3, -0.25) is 4.90 Å². The number of anilines is 1. The smallest absolute Gasteiger partial charge is 0.319 e. The number of carbonyl (C=O) groups excluding carboxylic acids is 1. The number of phenolic OH excluding ortho intramolecular Hbond substituents is 1. The molecular weight excluding hydrogens is 244 g/mol. The number of rotatable bonds is 4. The van der Waals surface area contributed by atoms with Crippen LogP contribution in [0.15, 0.2) is 24.3 Å². The highest BCUT2D eigenvalue weighted by molar-refractivity contribution is 5.89. The average molecular weight is 264 g/mol. The Labute approximate surface area is 112 Å². The summed E-state index contributed by atoms with van der Waals surface area (Å²) in [6, 6.07) is 6.24. The van der Waals surface area contributed by atoms with Gasteiger partial charge in [0.25, 0.3) is 0 Å². The van der Waals surface area contributed by atoms with Crippen LogP contribution in [0, 0.1) is 0 Å². The highest BCUT2D eigenvalue weighted by Gasteiger charge is 2.09. The minimum atomic E-state index is -0.249. The number of piperazine rings is 1. The summed E-state index contributed by atoms with van der Waals surface area (Å²) in [7, 11) is 0. The Kier molecular flexibility index (Phi) is 5.00. The summed E-state index contributed by atoms with van der Waals surface area (Å²) in [4.78, 5) is 13.9. The van der Waals surface area contributed by atoms with Gasteiger partial charge in [-0.15, -0.1) is 0 Å². The summed E-state index contributed by atoms with van der Waals surface area (Å²) in [6.07, 6.45) is 0. The lowest BCUT2D eigenvalue weighted by atomic mass is 10.3. The number of urea groups is 1. The molecule has 1 aliphatic rings. The third-order valence-corrected chi connectivity index (χ3v) is 3.03. The molecule has 6 heteroatoms. The first-order valence-corrected chi connectivity index (χ1v) is 6.51. The van der Waals surface area contributed by atoms with Crippen LogP contribution in [-0.4, -0.2) is 55.3 Å². The van der Waals surface area contributed by atoms with Crippen molar-refractivity contribution in [1.82, 2.24) is 15.5 Å². The van der Waals surface area contributed by atoms with Crippen LogP contribution in [0.3, 0.4) is 0 Å².